The van der Waals surface area contributed by atoms with Crippen molar-refractivity contribution in [3.63, 3.8) is 0 Å². The molecule has 0 saturated carbocycles. The Bertz CT molecular complexity index is 4390. The maximum atomic E-state index is 13.3. The number of aliphatic carboxylic acids is 2. The van der Waals surface area contributed by atoms with Crippen molar-refractivity contribution in [2.75, 3.05) is 25.6 Å². The van der Waals surface area contributed by atoms with E-state index in [4.69, 9.17) is 9.84 Å². The molecule has 578 valence electrons. The predicted molar refractivity (Wildman–Crippen MR) is 338 cm³/mol. The number of fused-ring (bicyclic) bond motifs is 3. The molecule has 3 aliphatic carbocycles. The molecule has 21 nitrogen and oxygen atoms in total. The quantitative estimate of drug-likeness (QED) is 0.0352. The van der Waals surface area contributed by atoms with Crippen LogP contribution >= 0.6 is 22.6 Å². The van der Waals surface area contributed by atoms with Gasteiger partial charge in [-0.25, -0.2) is 39.6 Å². The highest BCUT2D eigenvalue weighted by atomic mass is 127. The third-order valence-corrected chi connectivity index (χ3v) is 23.0. The number of methoxy groups -OCH3 is 1. The van der Waals surface area contributed by atoms with Crippen LogP contribution in [-0.4, -0.2) is 117 Å². The van der Waals surface area contributed by atoms with E-state index in [-0.39, 0.29) is 73.9 Å². The number of alkyl halides is 19. The molecule has 0 bridgehead atoms. The Labute approximate surface area is 596 Å². The van der Waals surface area contributed by atoms with Crippen LogP contribution in [0.1, 0.15) is 165 Å². The second-order valence-electron chi connectivity index (χ2n) is 24.8. The average molecular weight is 1680 g/mol. The number of benzene rings is 3. The fraction of sp³-hybridized carbons (Fsp3) is 0.508. The molecule has 3 aromatic heterocycles. The molecule has 104 heavy (non-hydrogen) atoms. The van der Waals surface area contributed by atoms with E-state index in [9.17, 15) is 124 Å². The van der Waals surface area contributed by atoms with Crippen molar-refractivity contribution < 1.29 is 134 Å². The lowest BCUT2D eigenvalue weighted by Crippen LogP contribution is -2.40. The van der Waals surface area contributed by atoms with E-state index >= 15 is 0 Å². The van der Waals surface area contributed by atoms with Gasteiger partial charge >= 0.3 is 55.0 Å². The van der Waals surface area contributed by atoms with Crippen molar-refractivity contribution in [2.45, 2.75) is 186 Å². The fourth-order valence-electron chi connectivity index (χ4n) is 11.4. The van der Waals surface area contributed by atoms with E-state index in [0.717, 1.165) is 23.1 Å². The zero-order chi connectivity index (χ0) is 79.0. The first-order chi connectivity index (χ1) is 47.4. The number of nitrogens with zero attached hydrogens (tertiary/aromatic N) is 8. The Balaban J connectivity index is 0.000000239. The molecule has 3 N–H and O–H groups in total. The number of rotatable bonds is 16. The van der Waals surface area contributed by atoms with E-state index in [1.807, 2.05) is 0 Å². The van der Waals surface area contributed by atoms with Gasteiger partial charge in [-0.15, -0.1) is 0 Å². The molecule has 0 unspecified atom stereocenters. The lowest BCUT2D eigenvalue weighted by molar-refractivity contribution is -0.150. The van der Waals surface area contributed by atoms with Crippen LogP contribution in [0.3, 0.4) is 0 Å². The molecule has 0 fully saturated rings. The number of hydrogen-bond acceptors (Lipinski definition) is 13. The topological polar surface area (TPSA) is 275 Å². The van der Waals surface area contributed by atoms with E-state index in [0.29, 0.717) is 76.6 Å². The van der Waals surface area contributed by atoms with E-state index in [1.165, 1.54) is 59.8 Å². The molecule has 0 radical (unpaired) electrons. The first-order valence-electron chi connectivity index (χ1n) is 30.6. The Hall–Kier alpha value is -7.10. The molecule has 0 aliphatic heterocycles. The summed E-state index contributed by atoms with van der Waals surface area (Å²) in [4.78, 5) is 31.3. The molecule has 6 aromatic rings. The number of esters is 1. The Morgan fingerprint density at radius 2 is 0.837 bits per heavy atom. The summed E-state index contributed by atoms with van der Waals surface area (Å²) in [7, 11) is -11.0. The van der Waals surface area contributed by atoms with Crippen LogP contribution in [0.4, 0.5) is 79.0 Å². The van der Waals surface area contributed by atoms with Crippen molar-refractivity contribution in [3.05, 3.63) is 140 Å². The number of hydrogen-bond donors (Lipinski definition) is 3. The summed E-state index contributed by atoms with van der Waals surface area (Å²) >= 11 is 2.35. The molecule has 3 atom stereocenters. The van der Waals surface area contributed by atoms with Crippen LogP contribution in [0.2, 0.25) is 0 Å². The molecule has 0 amide bonds. The second-order valence-corrected chi connectivity index (χ2v) is 31.6. The summed E-state index contributed by atoms with van der Waals surface area (Å²) in [5, 5.41) is 30.6. The summed E-state index contributed by atoms with van der Waals surface area (Å²) < 4.78 is 329. The first-order valence-corrected chi connectivity index (χ1v) is 36.4. The third-order valence-electron chi connectivity index (χ3n) is 16.8. The van der Waals surface area contributed by atoms with Crippen molar-refractivity contribution in [2.24, 2.45) is 0 Å². The summed E-state index contributed by atoms with van der Waals surface area (Å²) in [6.07, 6.45) is -22.9. The van der Waals surface area contributed by atoms with Gasteiger partial charge in [-0.3, -0.25) is 18.8 Å². The van der Waals surface area contributed by atoms with Gasteiger partial charge in [-0.2, -0.15) is 103 Å². The Morgan fingerprint density at radius 1 is 0.519 bits per heavy atom. The number of ether oxygens (including phenoxy) is 1. The van der Waals surface area contributed by atoms with Crippen molar-refractivity contribution in [1.82, 2.24) is 42.7 Å². The molecule has 3 heterocycles. The van der Waals surface area contributed by atoms with Gasteiger partial charge in [0.1, 0.15) is 6.54 Å². The van der Waals surface area contributed by atoms with E-state index < -0.39 is 169 Å². The number of aromatic nitrogens is 6. The van der Waals surface area contributed by atoms with Gasteiger partial charge < -0.3 is 14.9 Å². The molecule has 0 saturated heterocycles. The van der Waals surface area contributed by atoms with Gasteiger partial charge in [-0.05, 0) is 151 Å². The minimum atomic E-state index is -5.20. The summed E-state index contributed by atoms with van der Waals surface area (Å²) in [6, 6.07) is -2.32. The van der Waals surface area contributed by atoms with Gasteiger partial charge in [0.25, 0.3) is 0 Å². The molecule has 3 aromatic carbocycles. The first kappa shape index (κ1) is 85.8. The van der Waals surface area contributed by atoms with Gasteiger partial charge in [-0.1, -0.05) is 29.5 Å². The minimum absolute atomic E-state index is 0.128. The van der Waals surface area contributed by atoms with Gasteiger partial charge in [0, 0.05) is 47.9 Å². The SMILES string of the molecule is CCCI.CN([C@@H]1CCCc2c1cnn2C(C)(C)C(=O)O)S(=O)(=O)c1cc(C(F)(F)F)cc(C(F)(F)F)c1.COC(=O)C(C)(C)n1ncc2c1CCC[C@H]2N(C)S(=O)(=O)c1cc(C(F)(F)F)cc(C(F)(F)F)c1.O=C(O)Cn1ncc2c1CCC[C@H]2NS(=O)(=O)c1cc(C(F)(F)F)cc(C(F)(F)F)c1. The van der Waals surface area contributed by atoms with Crippen LogP contribution in [0, 0.1) is 0 Å². The van der Waals surface area contributed by atoms with Crippen molar-refractivity contribution >= 4 is 70.6 Å². The average Bonchev–Trinajstić information content (AvgIpc) is 1.69. The van der Waals surface area contributed by atoms with Crippen molar-refractivity contribution in [3.8, 4) is 0 Å². The van der Waals surface area contributed by atoms with Gasteiger partial charge in [0.2, 0.25) is 30.1 Å². The Kier molecular flexibility index (Phi) is 25.9. The smallest absolute Gasteiger partial charge is 0.416 e. The number of carbonyl (C=O) groups is 3. The molecule has 9 rings (SSSR count). The third kappa shape index (κ3) is 19.4. The minimum Gasteiger partial charge on any atom is -0.480 e. The highest BCUT2D eigenvalue weighted by Gasteiger charge is 2.46. The van der Waals surface area contributed by atoms with Crippen molar-refractivity contribution in [1.29, 1.82) is 0 Å². The number of carbonyl (C=O) groups excluding carboxylic acids is 1. The zero-order valence-corrected chi connectivity index (χ0v) is 60.2. The highest BCUT2D eigenvalue weighted by molar-refractivity contribution is 14.1. The normalized spacial score (nSPS) is 17.1. The maximum Gasteiger partial charge on any atom is 0.416 e. The molecule has 0 spiro atoms. The number of halogens is 19. The largest absolute Gasteiger partial charge is 0.480 e. The number of nitrogens with one attached hydrogen (secondary N) is 1. The number of carboxylic acid groups (broad SMARTS) is 2. The lowest BCUT2D eigenvalue weighted by atomic mass is 9.92. The highest BCUT2D eigenvalue weighted by Crippen LogP contribution is 2.45. The van der Waals surface area contributed by atoms with Crippen LogP contribution in [-0.2, 0) is 123 Å². The molecular formula is C61H66F18IN9O12S3. The van der Waals surface area contributed by atoms with Crippen LogP contribution in [0.15, 0.2) is 87.9 Å². The molecular weight excluding hydrogens is 1620 g/mol. The lowest BCUT2D eigenvalue weighted by Gasteiger charge is -2.32. The van der Waals surface area contributed by atoms with E-state index in [2.05, 4.69) is 49.5 Å². The summed E-state index contributed by atoms with van der Waals surface area (Å²) in [5.41, 5.74) is -10.7. The molecule has 3 aliphatic rings. The molecule has 43 heteroatoms. The predicted octanol–water partition coefficient (Wildman–Crippen LogP) is 14.2. The number of sulfonamides is 3. The monoisotopic (exact) mass is 1680 g/mol. The van der Waals surface area contributed by atoms with Crippen LogP contribution in [0.5, 0.6) is 0 Å². The second kappa shape index (κ2) is 31.4. The zero-order valence-electron chi connectivity index (χ0n) is 55.6. The Morgan fingerprint density at radius 3 is 1.15 bits per heavy atom. The maximum absolute atomic E-state index is 13.3. The number of carboxylic acids is 2. The fourth-order valence-corrected chi connectivity index (χ4v) is 15.6. The van der Waals surface area contributed by atoms with E-state index in [1.54, 1.807) is 13.8 Å². The van der Waals surface area contributed by atoms with Crippen LogP contribution in [0.25, 0.3) is 0 Å². The summed E-state index contributed by atoms with van der Waals surface area (Å²) in [6.45, 7) is 7.60. The van der Waals surface area contributed by atoms with Gasteiger partial charge in [0.05, 0.1) is 91.9 Å². The van der Waals surface area contributed by atoms with Gasteiger partial charge in [0.15, 0.2) is 11.1 Å². The van der Waals surface area contributed by atoms with Crippen LogP contribution < -0.4 is 4.72 Å². The standard InChI is InChI=1S/C21H23F6N3O4S.C20H21F6N3O4S.C17H15F6N3O4S.C3H7I/c1-19(2,18(31)34-4)30-17-7-5-6-16(15(17)11-28-30)29(3)35(32,33)14-9-12(20(22,23)24)8-13(10-14)21(25,26)27;1-18(2,17(30)31)29-16-6-4-5-15(14(16)10-27-29)28(3)34(32,33)13-8-11(19(21,22)23)7-12(9-13)20(24,25)26;18-16(19,20)9-4-10(17(21,22)23)6-11(5-9)31(29,30)25-13-2-1-3-14-12(13)7-24-26(14)8-15(27)28;1-2-3-4/h8-11,16H,5-7H2,1-4H3;7-10,15H,4-6H2,1-3H3,(H,30,31);4-7,13,25H,1-3,8H2,(H,27,28);2-3H2,1H3/t16-;15-;13-;/m111./s1. The summed E-state index contributed by atoms with van der Waals surface area (Å²) in [5.74, 6) is -2.97.